The van der Waals surface area contributed by atoms with Gasteiger partial charge in [0.15, 0.2) is 0 Å². The Morgan fingerprint density at radius 1 is 1.13 bits per heavy atom. The van der Waals surface area contributed by atoms with Gasteiger partial charge in [0.2, 0.25) is 0 Å². The van der Waals surface area contributed by atoms with Crippen molar-refractivity contribution in [2.24, 2.45) is 0 Å². The number of nitrogens with zero attached hydrogens (tertiary/aromatic N) is 3. The number of nitro groups is 1. The van der Waals surface area contributed by atoms with Crippen LogP contribution in [0.1, 0.15) is 29.6 Å². The molecule has 0 spiro atoms. The first-order chi connectivity index (χ1) is 14.7. The smallest absolute Gasteiger partial charge is 0.270 e. The number of non-ortho nitro benzene ring substituents is 1. The minimum Gasteiger partial charge on any atom is -0.371 e. The molecule has 1 amide bonds. The third-order valence-electron chi connectivity index (χ3n) is 5.14. The zero-order chi connectivity index (χ0) is 22.6. The van der Waals surface area contributed by atoms with Gasteiger partial charge in [-0.25, -0.2) is 8.42 Å². The second-order valence-electron chi connectivity index (χ2n) is 7.08. The lowest BCUT2D eigenvalue weighted by Gasteiger charge is -2.30. The average molecular weight is 449 g/mol. The van der Waals surface area contributed by atoms with Gasteiger partial charge in [-0.15, -0.1) is 0 Å². The van der Waals surface area contributed by atoms with Crippen LogP contribution in [0.3, 0.4) is 0 Å². The summed E-state index contributed by atoms with van der Waals surface area (Å²) in [5, 5.41) is 13.9. The van der Waals surface area contributed by atoms with Gasteiger partial charge in [-0.3, -0.25) is 19.7 Å². The Balaban J connectivity index is 1.87. The Kier molecular flexibility index (Phi) is 6.88. The normalized spacial score (nSPS) is 14.5. The van der Waals surface area contributed by atoms with E-state index in [1.807, 2.05) is 0 Å². The number of benzene rings is 2. The van der Waals surface area contributed by atoms with Crippen molar-refractivity contribution in [1.29, 1.82) is 0 Å². The summed E-state index contributed by atoms with van der Waals surface area (Å²) in [5.41, 5.74) is 1.03. The molecule has 10 nitrogen and oxygen atoms in total. The van der Waals surface area contributed by atoms with E-state index in [0.717, 1.165) is 36.8 Å². The fourth-order valence-corrected chi connectivity index (χ4v) is 4.36. The van der Waals surface area contributed by atoms with Crippen molar-refractivity contribution in [1.82, 2.24) is 4.47 Å². The molecule has 166 valence electrons. The van der Waals surface area contributed by atoms with Gasteiger partial charge in [-0.1, -0.05) is 4.47 Å². The molecular weight excluding hydrogens is 424 g/mol. The van der Waals surface area contributed by atoms with E-state index in [1.54, 1.807) is 6.07 Å². The molecule has 1 heterocycles. The van der Waals surface area contributed by atoms with Gasteiger partial charge in [0.05, 0.1) is 28.2 Å². The third kappa shape index (κ3) is 5.01. The number of carbonyl (C=O) groups is 1. The first-order valence-corrected chi connectivity index (χ1v) is 11.2. The number of hydrogen-bond donors (Lipinski definition) is 1. The Bertz CT molecular complexity index is 1070. The molecule has 0 saturated carbocycles. The number of hydroxylamine groups is 1. The van der Waals surface area contributed by atoms with E-state index in [-0.39, 0.29) is 16.1 Å². The molecule has 1 N–H and O–H groups in total. The second kappa shape index (κ2) is 9.41. The predicted octanol–water partition coefficient (Wildman–Crippen LogP) is 3.02. The van der Waals surface area contributed by atoms with Crippen LogP contribution >= 0.6 is 0 Å². The van der Waals surface area contributed by atoms with Crippen LogP contribution in [0.5, 0.6) is 0 Å². The molecule has 0 unspecified atom stereocenters. The van der Waals surface area contributed by atoms with Gasteiger partial charge in [0, 0.05) is 38.0 Å². The van der Waals surface area contributed by atoms with E-state index in [4.69, 9.17) is 4.84 Å². The van der Waals surface area contributed by atoms with E-state index < -0.39 is 20.9 Å². The van der Waals surface area contributed by atoms with Crippen LogP contribution in [0.15, 0.2) is 47.4 Å². The number of carbonyl (C=O) groups excluding carboxylic acids is 1. The minimum absolute atomic E-state index is 0.000737. The maximum Gasteiger partial charge on any atom is 0.270 e. The Morgan fingerprint density at radius 2 is 1.77 bits per heavy atom. The number of amides is 1. The number of nitro benzene ring substituents is 1. The summed E-state index contributed by atoms with van der Waals surface area (Å²) in [6, 6.07) is 9.87. The van der Waals surface area contributed by atoms with Gasteiger partial charge in [-0.2, -0.15) is 0 Å². The standard InChI is InChI=1S/C20H24N4O6S/c1-22(30-2)31(28,29)17-9-6-15(7-10-17)21-20(25)18-14-16(24(26)27)8-11-19(18)23-12-4-3-5-13-23/h6-11,14H,3-5,12-13H2,1-2H3,(H,21,25). The molecule has 0 atom stereocenters. The molecule has 11 heteroatoms. The maximum atomic E-state index is 13.0. The zero-order valence-electron chi connectivity index (χ0n) is 17.3. The molecule has 2 aromatic carbocycles. The predicted molar refractivity (Wildman–Crippen MR) is 116 cm³/mol. The fraction of sp³-hybridized carbons (Fsp3) is 0.350. The van der Waals surface area contributed by atoms with Crippen LogP contribution in [0.4, 0.5) is 17.1 Å². The van der Waals surface area contributed by atoms with Crippen LogP contribution in [0, 0.1) is 10.1 Å². The second-order valence-corrected chi connectivity index (χ2v) is 9.02. The van der Waals surface area contributed by atoms with E-state index in [1.165, 1.54) is 50.6 Å². The van der Waals surface area contributed by atoms with Gasteiger partial charge >= 0.3 is 0 Å². The summed E-state index contributed by atoms with van der Waals surface area (Å²) >= 11 is 0. The van der Waals surface area contributed by atoms with E-state index >= 15 is 0 Å². The van der Waals surface area contributed by atoms with Crippen molar-refractivity contribution < 1.29 is 23.0 Å². The van der Waals surface area contributed by atoms with Crippen LogP contribution in [-0.2, 0) is 14.9 Å². The Labute approximate surface area is 180 Å². The fourth-order valence-electron chi connectivity index (χ4n) is 3.39. The molecule has 0 aromatic heterocycles. The Hall–Kier alpha value is -3.02. The summed E-state index contributed by atoms with van der Waals surface area (Å²) in [4.78, 5) is 30.5. The van der Waals surface area contributed by atoms with Crippen molar-refractivity contribution in [2.75, 3.05) is 37.5 Å². The lowest BCUT2D eigenvalue weighted by Crippen LogP contribution is -2.31. The largest absolute Gasteiger partial charge is 0.371 e. The highest BCUT2D eigenvalue weighted by Gasteiger charge is 2.23. The summed E-state index contributed by atoms with van der Waals surface area (Å²) in [6.45, 7) is 1.55. The SMILES string of the molecule is CON(C)S(=O)(=O)c1ccc(NC(=O)c2cc([N+](=O)[O-])ccc2N2CCCCC2)cc1. The number of nitrogens with one attached hydrogen (secondary N) is 1. The van der Waals surface area contributed by atoms with Crippen molar-refractivity contribution in [2.45, 2.75) is 24.2 Å². The first kappa shape index (κ1) is 22.7. The van der Waals surface area contributed by atoms with Crippen molar-refractivity contribution in [3.63, 3.8) is 0 Å². The van der Waals surface area contributed by atoms with Crippen molar-refractivity contribution in [3.05, 3.63) is 58.1 Å². The topological polar surface area (TPSA) is 122 Å². The van der Waals surface area contributed by atoms with Crippen LogP contribution < -0.4 is 10.2 Å². The van der Waals surface area contributed by atoms with E-state index in [2.05, 4.69) is 10.2 Å². The molecule has 1 aliphatic rings. The molecule has 2 aromatic rings. The molecule has 1 aliphatic heterocycles. The maximum absolute atomic E-state index is 13.0. The van der Waals surface area contributed by atoms with E-state index in [0.29, 0.717) is 11.4 Å². The number of piperidine rings is 1. The zero-order valence-corrected chi connectivity index (χ0v) is 18.1. The Morgan fingerprint density at radius 3 is 2.35 bits per heavy atom. The van der Waals surface area contributed by atoms with Gasteiger partial charge < -0.3 is 10.2 Å². The average Bonchev–Trinajstić information content (AvgIpc) is 2.78. The highest BCUT2D eigenvalue weighted by atomic mass is 32.2. The molecule has 1 saturated heterocycles. The summed E-state index contributed by atoms with van der Waals surface area (Å²) in [6.07, 6.45) is 3.09. The molecular formula is C20H24N4O6S. The molecule has 1 fully saturated rings. The van der Waals surface area contributed by atoms with Crippen molar-refractivity contribution >= 4 is 33.0 Å². The van der Waals surface area contributed by atoms with E-state index in [9.17, 15) is 23.3 Å². The summed E-state index contributed by atoms with van der Waals surface area (Å²) in [7, 11) is -1.29. The third-order valence-corrected chi connectivity index (χ3v) is 6.83. The molecule has 3 rings (SSSR count). The van der Waals surface area contributed by atoms with Crippen LogP contribution in [0.25, 0.3) is 0 Å². The molecule has 0 bridgehead atoms. The first-order valence-electron chi connectivity index (χ1n) is 9.72. The van der Waals surface area contributed by atoms with Gasteiger partial charge in [0.1, 0.15) is 0 Å². The highest BCUT2D eigenvalue weighted by Crippen LogP contribution is 2.29. The monoisotopic (exact) mass is 448 g/mol. The summed E-state index contributed by atoms with van der Waals surface area (Å²) in [5.74, 6) is -0.506. The van der Waals surface area contributed by atoms with Gasteiger partial charge in [-0.05, 0) is 49.6 Å². The lowest BCUT2D eigenvalue weighted by atomic mass is 10.1. The quantitative estimate of drug-likeness (QED) is 0.510. The number of rotatable bonds is 7. The number of hydrogen-bond acceptors (Lipinski definition) is 7. The summed E-state index contributed by atoms with van der Waals surface area (Å²) < 4.78 is 25.3. The van der Waals surface area contributed by atoms with Gasteiger partial charge in [0.25, 0.3) is 21.6 Å². The minimum atomic E-state index is -3.81. The van der Waals surface area contributed by atoms with Crippen LogP contribution in [0.2, 0.25) is 0 Å². The van der Waals surface area contributed by atoms with Crippen LogP contribution in [-0.4, -0.2) is 51.0 Å². The number of sulfonamides is 1. The number of anilines is 2. The lowest BCUT2D eigenvalue weighted by molar-refractivity contribution is -0.384. The highest BCUT2D eigenvalue weighted by molar-refractivity contribution is 7.89. The molecule has 31 heavy (non-hydrogen) atoms. The molecule has 0 aliphatic carbocycles. The molecule has 0 radical (unpaired) electrons. The van der Waals surface area contributed by atoms with Crippen molar-refractivity contribution in [3.8, 4) is 0 Å².